The SMILES string of the molecule is Cc1ncc(OCCN(C)C)cc1S(C)(=O)=O. The lowest BCUT2D eigenvalue weighted by atomic mass is 10.4. The summed E-state index contributed by atoms with van der Waals surface area (Å²) in [5.74, 6) is 0.484. The molecule has 6 heteroatoms. The number of pyridine rings is 1. The van der Waals surface area contributed by atoms with Gasteiger partial charge in [-0.3, -0.25) is 4.98 Å². The molecule has 0 radical (unpaired) electrons. The van der Waals surface area contributed by atoms with Crippen LogP contribution in [0.2, 0.25) is 0 Å². The van der Waals surface area contributed by atoms with Crippen molar-refractivity contribution in [3.8, 4) is 5.75 Å². The van der Waals surface area contributed by atoms with E-state index in [-0.39, 0.29) is 4.90 Å². The lowest BCUT2D eigenvalue weighted by Gasteiger charge is -2.11. The van der Waals surface area contributed by atoms with Crippen molar-refractivity contribution in [3.63, 3.8) is 0 Å². The number of rotatable bonds is 5. The van der Waals surface area contributed by atoms with Crippen LogP contribution in [0, 0.1) is 6.92 Å². The van der Waals surface area contributed by atoms with E-state index in [1.807, 2.05) is 19.0 Å². The van der Waals surface area contributed by atoms with Gasteiger partial charge in [-0.2, -0.15) is 0 Å². The van der Waals surface area contributed by atoms with Crippen molar-refractivity contribution in [2.24, 2.45) is 0 Å². The van der Waals surface area contributed by atoms with Crippen molar-refractivity contribution in [1.82, 2.24) is 9.88 Å². The average Bonchev–Trinajstić information content (AvgIpc) is 2.18. The Labute approximate surface area is 102 Å². The molecule has 96 valence electrons. The molecule has 0 unspecified atom stereocenters. The van der Waals surface area contributed by atoms with Crippen LogP contribution in [-0.4, -0.2) is 51.8 Å². The predicted octanol–water partition coefficient (Wildman–Crippen LogP) is 0.734. The molecule has 1 heterocycles. The first-order valence-electron chi connectivity index (χ1n) is 5.25. The zero-order chi connectivity index (χ0) is 13.1. The van der Waals surface area contributed by atoms with E-state index >= 15 is 0 Å². The third-order valence-electron chi connectivity index (χ3n) is 2.22. The highest BCUT2D eigenvalue weighted by atomic mass is 32.2. The zero-order valence-corrected chi connectivity index (χ0v) is 11.4. The zero-order valence-electron chi connectivity index (χ0n) is 10.6. The van der Waals surface area contributed by atoms with Crippen LogP contribution < -0.4 is 4.74 Å². The van der Waals surface area contributed by atoms with Crippen LogP contribution in [-0.2, 0) is 9.84 Å². The molecule has 1 aromatic heterocycles. The van der Waals surface area contributed by atoms with Gasteiger partial charge in [0.25, 0.3) is 0 Å². The largest absolute Gasteiger partial charge is 0.491 e. The molecule has 0 aliphatic rings. The summed E-state index contributed by atoms with van der Waals surface area (Å²) in [6, 6.07) is 1.52. The summed E-state index contributed by atoms with van der Waals surface area (Å²) in [5, 5.41) is 0. The van der Waals surface area contributed by atoms with Crippen molar-refractivity contribution in [2.45, 2.75) is 11.8 Å². The molecule has 0 aliphatic heterocycles. The second-order valence-corrected chi connectivity index (χ2v) is 6.16. The van der Waals surface area contributed by atoms with Crippen LogP contribution in [0.3, 0.4) is 0 Å². The number of hydrogen-bond acceptors (Lipinski definition) is 5. The fourth-order valence-corrected chi connectivity index (χ4v) is 2.21. The van der Waals surface area contributed by atoms with E-state index in [1.54, 1.807) is 13.1 Å². The van der Waals surface area contributed by atoms with Gasteiger partial charge in [0.15, 0.2) is 9.84 Å². The van der Waals surface area contributed by atoms with E-state index in [9.17, 15) is 8.42 Å². The van der Waals surface area contributed by atoms with Crippen LogP contribution in [0.15, 0.2) is 17.2 Å². The van der Waals surface area contributed by atoms with E-state index in [0.29, 0.717) is 18.1 Å². The van der Waals surface area contributed by atoms with Gasteiger partial charge >= 0.3 is 0 Å². The maximum Gasteiger partial charge on any atom is 0.177 e. The summed E-state index contributed by atoms with van der Waals surface area (Å²) in [7, 11) is 0.636. The summed E-state index contributed by atoms with van der Waals surface area (Å²) in [4.78, 5) is 6.23. The number of hydrogen-bond donors (Lipinski definition) is 0. The first kappa shape index (κ1) is 13.9. The average molecular weight is 258 g/mol. The van der Waals surface area contributed by atoms with Crippen molar-refractivity contribution < 1.29 is 13.2 Å². The summed E-state index contributed by atoms with van der Waals surface area (Å²) in [6.07, 6.45) is 2.71. The van der Waals surface area contributed by atoms with Crippen molar-refractivity contribution >= 4 is 9.84 Å². The van der Waals surface area contributed by atoms with Gasteiger partial charge in [-0.1, -0.05) is 0 Å². The molecule has 1 rings (SSSR count). The molecule has 0 aliphatic carbocycles. The molecule has 17 heavy (non-hydrogen) atoms. The van der Waals surface area contributed by atoms with Crippen LogP contribution in [0.25, 0.3) is 0 Å². The van der Waals surface area contributed by atoms with Crippen molar-refractivity contribution in [1.29, 1.82) is 0 Å². The first-order valence-corrected chi connectivity index (χ1v) is 7.14. The lowest BCUT2D eigenvalue weighted by Crippen LogP contribution is -2.19. The molecule has 1 aromatic rings. The molecule has 0 amide bonds. The number of nitrogens with zero attached hydrogens (tertiary/aromatic N) is 2. The quantitative estimate of drug-likeness (QED) is 0.779. The number of likely N-dealkylation sites (N-methyl/N-ethyl adjacent to an activating group) is 1. The topological polar surface area (TPSA) is 59.5 Å². The second-order valence-electron chi connectivity index (χ2n) is 4.18. The molecule has 0 fully saturated rings. The molecule has 0 saturated heterocycles. The number of aryl methyl sites for hydroxylation is 1. The van der Waals surface area contributed by atoms with Gasteiger partial charge < -0.3 is 9.64 Å². The van der Waals surface area contributed by atoms with E-state index in [1.165, 1.54) is 12.3 Å². The second kappa shape index (κ2) is 5.46. The van der Waals surface area contributed by atoms with Crippen LogP contribution in [0.1, 0.15) is 5.69 Å². The minimum atomic E-state index is -3.25. The molecular weight excluding hydrogens is 240 g/mol. The Kier molecular flexibility index (Phi) is 4.47. The minimum Gasteiger partial charge on any atom is -0.491 e. The molecule has 0 bridgehead atoms. The molecule has 0 atom stereocenters. The first-order chi connectivity index (χ1) is 7.80. The van der Waals surface area contributed by atoms with Crippen LogP contribution >= 0.6 is 0 Å². The predicted molar refractivity (Wildman–Crippen MR) is 66.1 cm³/mol. The molecule has 0 N–H and O–H groups in total. The van der Waals surface area contributed by atoms with Crippen molar-refractivity contribution in [3.05, 3.63) is 18.0 Å². The molecular formula is C11H18N2O3S. The van der Waals surface area contributed by atoms with Crippen LogP contribution in [0.4, 0.5) is 0 Å². The third kappa shape index (κ3) is 4.32. The van der Waals surface area contributed by atoms with E-state index in [0.717, 1.165) is 6.54 Å². The monoisotopic (exact) mass is 258 g/mol. The van der Waals surface area contributed by atoms with Gasteiger partial charge in [-0.15, -0.1) is 0 Å². The highest BCUT2D eigenvalue weighted by Gasteiger charge is 2.13. The Hall–Kier alpha value is -1.14. The van der Waals surface area contributed by atoms with E-state index in [4.69, 9.17) is 4.74 Å². The van der Waals surface area contributed by atoms with Gasteiger partial charge in [-0.25, -0.2) is 8.42 Å². The number of ether oxygens (including phenoxy) is 1. The van der Waals surface area contributed by atoms with Gasteiger partial charge in [0.05, 0.1) is 16.8 Å². The molecule has 5 nitrogen and oxygen atoms in total. The van der Waals surface area contributed by atoms with Crippen LogP contribution in [0.5, 0.6) is 5.75 Å². The highest BCUT2D eigenvalue weighted by molar-refractivity contribution is 7.90. The molecule has 0 spiro atoms. The third-order valence-corrected chi connectivity index (χ3v) is 3.43. The molecule has 0 aromatic carbocycles. The van der Waals surface area contributed by atoms with Gasteiger partial charge in [0, 0.05) is 18.9 Å². The van der Waals surface area contributed by atoms with Crippen molar-refractivity contribution in [2.75, 3.05) is 33.5 Å². The smallest absolute Gasteiger partial charge is 0.177 e. The Morgan fingerprint density at radius 1 is 1.41 bits per heavy atom. The molecule has 0 saturated carbocycles. The number of aromatic nitrogens is 1. The Morgan fingerprint density at radius 2 is 2.06 bits per heavy atom. The maximum atomic E-state index is 11.5. The summed E-state index contributed by atoms with van der Waals surface area (Å²) >= 11 is 0. The van der Waals surface area contributed by atoms with Gasteiger partial charge in [-0.05, 0) is 21.0 Å². The number of sulfone groups is 1. The highest BCUT2D eigenvalue weighted by Crippen LogP contribution is 2.19. The summed E-state index contributed by atoms with van der Waals surface area (Å²) in [6.45, 7) is 2.93. The Morgan fingerprint density at radius 3 is 2.59 bits per heavy atom. The summed E-state index contributed by atoms with van der Waals surface area (Å²) < 4.78 is 28.4. The maximum absolute atomic E-state index is 11.5. The van der Waals surface area contributed by atoms with E-state index < -0.39 is 9.84 Å². The fourth-order valence-electron chi connectivity index (χ4n) is 1.30. The standard InChI is InChI=1S/C11H18N2O3S/c1-9-11(17(4,14)15)7-10(8-12-9)16-6-5-13(2)3/h7-8H,5-6H2,1-4H3. The van der Waals surface area contributed by atoms with Gasteiger partial charge in [0.2, 0.25) is 0 Å². The Balaban J connectivity index is 2.83. The normalized spacial score (nSPS) is 11.8. The van der Waals surface area contributed by atoms with Gasteiger partial charge in [0.1, 0.15) is 12.4 Å². The fraction of sp³-hybridized carbons (Fsp3) is 0.545. The Bertz CT molecular complexity index is 483. The minimum absolute atomic E-state index is 0.222. The van der Waals surface area contributed by atoms with E-state index in [2.05, 4.69) is 4.98 Å². The summed E-state index contributed by atoms with van der Waals surface area (Å²) in [5.41, 5.74) is 0.493. The lowest BCUT2D eigenvalue weighted by molar-refractivity contribution is 0.260.